The molecule has 0 bridgehead atoms. The standard InChI is InChI=1S/C31H54O6/c1-22(5-10-29(32)33)26-8-9-27-25-7-6-23-21-24(37-20-19-36-18-17-35-16-15-34-4)11-13-30(23,2)28(25)12-14-31(26,27)3/h22-28H,5-21H2,1-4H3,(H,32,33)/t22-,23-,24+,25+,26-,27+,28+,30+,31-/m1/s1. The van der Waals surface area contributed by atoms with Gasteiger partial charge in [0.2, 0.25) is 0 Å². The molecule has 37 heavy (non-hydrogen) atoms. The minimum atomic E-state index is -0.642. The summed E-state index contributed by atoms with van der Waals surface area (Å²) < 4.78 is 22.4. The third-order valence-corrected chi connectivity index (χ3v) is 11.6. The second-order valence-corrected chi connectivity index (χ2v) is 13.3. The Bertz CT molecular complexity index is 728. The van der Waals surface area contributed by atoms with Gasteiger partial charge in [-0.25, -0.2) is 0 Å². The van der Waals surface area contributed by atoms with Gasteiger partial charge in [0.1, 0.15) is 0 Å². The highest BCUT2D eigenvalue weighted by Crippen LogP contribution is 2.68. The minimum Gasteiger partial charge on any atom is -0.481 e. The van der Waals surface area contributed by atoms with Crippen LogP contribution in [0.2, 0.25) is 0 Å². The van der Waals surface area contributed by atoms with Gasteiger partial charge in [0.15, 0.2) is 0 Å². The summed E-state index contributed by atoms with van der Waals surface area (Å²) in [7, 11) is 1.68. The number of fused-ring (bicyclic) bond motifs is 5. The fourth-order valence-corrected chi connectivity index (χ4v) is 9.64. The summed E-state index contributed by atoms with van der Waals surface area (Å²) in [5.41, 5.74) is 0.880. The average molecular weight is 523 g/mol. The van der Waals surface area contributed by atoms with Crippen molar-refractivity contribution in [2.24, 2.45) is 46.3 Å². The fraction of sp³-hybridized carbons (Fsp3) is 0.968. The summed E-state index contributed by atoms with van der Waals surface area (Å²) in [5.74, 6) is 3.94. The van der Waals surface area contributed by atoms with Crippen molar-refractivity contribution in [3.63, 3.8) is 0 Å². The van der Waals surface area contributed by atoms with Crippen LogP contribution in [0.15, 0.2) is 0 Å². The second-order valence-electron chi connectivity index (χ2n) is 13.3. The molecule has 0 saturated heterocycles. The van der Waals surface area contributed by atoms with Crippen molar-refractivity contribution in [1.82, 2.24) is 0 Å². The van der Waals surface area contributed by atoms with Crippen LogP contribution in [0.5, 0.6) is 0 Å². The van der Waals surface area contributed by atoms with Crippen molar-refractivity contribution in [3.05, 3.63) is 0 Å². The van der Waals surface area contributed by atoms with Crippen molar-refractivity contribution in [3.8, 4) is 0 Å². The number of carbonyl (C=O) groups is 1. The van der Waals surface area contributed by atoms with E-state index in [9.17, 15) is 9.90 Å². The molecule has 0 aromatic rings. The zero-order valence-corrected chi connectivity index (χ0v) is 24.1. The maximum atomic E-state index is 11.2. The molecule has 9 atom stereocenters. The number of carboxylic acids is 1. The van der Waals surface area contributed by atoms with Crippen LogP contribution in [0.4, 0.5) is 0 Å². The first-order chi connectivity index (χ1) is 17.8. The Morgan fingerprint density at radius 3 is 2.27 bits per heavy atom. The van der Waals surface area contributed by atoms with E-state index in [1.807, 2.05) is 0 Å². The molecule has 4 rings (SSSR count). The van der Waals surface area contributed by atoms with E-state index >= 15 is 0 Å². The van der Waals surface area contributed by atoms with E-state index in [2.05, 4.69) is 20.8 Å². The zero-order valence-electron chi connectivity index (χ0n) is 24.1. The van der Waals surface area contributed by atoms with Crippen molar-refractivity contribution in [2.75, 3.05) is 46.8 Å². The van der Waals surface area contributed by atoms with Crippen molar-refractivity contribution in [1.29, 1.82) is 0 Å². The Balaban J connectivity index is 1.24. The molecule has 4 fully saturated rings. The van der Waals surface area contributed by atoms with Gasteiger partial charge in [0.25, 0.3) is 0 Å². The molecule has 4 aliphatic carbocycles. The largest absolute Gasteiger partial charge is 0.481 e. The molecule has 0 radical (unpaired) electrons. The lowest BCUT2D eigenvalue weighted by Gasteiger charge is -2.61. The third-order valence-electron chi connectivity index (χ3n) is 11.6. The molecule has 6 nitrogen and oxygen atoms in total. The van der Waals surface area contributed by atoms with Gasteiger partial charge in [0.05, 0.1) is 45.7 Å². The van der Waals surface area contributed by atoms with Gasteiger partial charge >= 0.3 is 5.97 Å². The molecular weight excluding hydrogens is 468 g/mol. The molecular formula is C31H54O6. The third kappa shape index (κ3) is 6.56. The van der Waals surface area contributed by atoms with E-state index in [1.165, 1.54) is 57.8 Å². The van der Waals surface area contributed by atoms with Gasteiger partial charge < -0.3 is 24.1 Å². The van der Waals surface area contributed by atoms with Crippen molar-refractivity contribution < 1.29 is 28.8 Å². The lowest BCUT2D eigenvalue weighted by atomic mass is 9.44. The summed E-state index contributed by atoms with van der Waals surface area (Å²) in [6.45, 7) is 11.3. The predicted molar refractivity (Wildman–Crippen MR) is 145 cm³/mol. The van der Waals surface area contributed by atoms with Gasteiger partial charge in [-0.1, -0.05) is 20.8 Å². The molecule has 0 heterocycles. The number of methoxy groups -OCH3 is 1. The number of aliphatic carboxylic acids is 1. The molecule has 0 amide bonds. The van der Waals surface area contributed by atoms with E-state index < -0.39 is 5.97 Å². The Labute approximate surface area is 225 Å². The number of ether oxygens (including phenoxy) is 4. The quantitative estimate of drug-likeness (QED) is 0.273. The maximum absolute atomic E-state index is 11.2. The highest BCUT2D eigenvalue weighted by molar-refractivity contribution is 5.66. The molecule has 4 aliphatic rings. The molecule has 0 aromatic carbocycles. The summed E-state index contributed by atoms with van der Waals surface area (Å²) in [4.78, 5) is 11.2. The summed E-state index contributed by atoms with van der Waals surface area (Å²) in [6.07, 6.45) is 13.4. The maximum Gasteiger partial charge on any atom is 0.303 e. The topological polar surface area (TPSA) is 74.2 Å². The van der Waals surface area contributed by atoms with Crippen LogP contribution >= 0.6 is 0 Å². The first-order valence-corrected chi connectivity index (χ1v) is 15.3. The molecule has 0 aliphatic heterocycles. The van der Waals surface area contributed by atoms with E-state index in [-0.39, 0.29) is 0 Å². The van der Waals surface area contributed by atoms with Gasteiger partial charge in [-0.2, -0.15) is 0 Å². The van der Waals surface area contributed by atoms with Gasteiger partial charge in [-0.3, -0.25) is 4.79 Å². The molecule has 1 N–H and O–H groups in total. The smallest absolute Gasteiger partial charge is 0.303 e. The summed E-state index contributed by atoms with van der Waals surface area (Å²) in [5, 5.41) is 9.21. The SMILES string of the molecule is COCCOCCOCCO[C@H]1CC[C@@]2(C)[C@H](CC[C@@H]3[C@@H]2CC[C@]2(C)[C@@H]([C@H](C)CCC(=O)O)CC[C@@H]32)C1. The Kier molecular flexibility index (Phi) is 10.4. The van der Waals surface area contributed by atoms with Crippen LogP contribution in [0, 0.1) is 46.3 Å². The van der Waals surface area contributed by atoms with Gasteiger partial charge in [0, 0.05) is 13.5 Å². The fourth-order valence-electron chi connectivity index (χ4n) is 9.64. The highest BCUT2D eigenvalue weighted by atomic mass is 16.6. The molecule has 4 saturated carbocycles. The van der Waals surface area contributed by atoms with Gasteiger partial charge in [-0.15, -0.1) is 0 Å². The van der Waals surface area contributed by atoms with Crippen LogP contribution in [0.25, 0.3) is 0 Å². The lowest BCUT2D eigenvalue weighted by Crippen LogP contribution is -2.54. The number of carboxylic acid groups (broad SMARTS) is 1. The molecule has 6 heteroatoms. The first kappa shape index (κ1) is 29.3. The van der Waals surface area contributed by atoms with Crippen LogP contribution in [-0.4, -0.2) is 63.9 Å². The first-order valence-electron chi connectivity index (χ1n) is 15.3. The Morgan fingerprint density at radius 1 is 0.865 bits per heavy atom. The van der Waals surface area contributed by atoms with Crippen molar-refractivity contribution >= 4 is 5.97 Å². The van der Waals surface area contributed by atoms with E-state index in [4.69, 9.17) is 18.9 Å². The Morgan fingerprint density at radius 2 is 1.54 bits per heavy atom. The van der Waals surface area contributed by atoms with Crippen LogP contribution in [-0.2, 0) is 23.7 Å². The highest BCUT2D eigenvalue weighted by Gasteiger charge is 2.60. The molecule has 0 spiro atoms. The van der Waals surface area contributed by atoms with E-state index in [0.717, 1.165) is 30.1 Å². The average Bonchev–Trinajstić information content (AvgIpc) is 3.23. The normalized spacial score (nSPS) is 40.0. The summed E-state index contributed by atoms with van der Waals surface area (Å²) in [6, 6.07) is 0. The molecule has 0 unspecified atom stereocenters. The number of rotatable bonds is 14. The minimum absolute atomic E-state index is 0.322. The zero-order chi connectivity index (χ0) is 26.5. The van der Waals surface area contributed by atoms with Crippen LogP contribution in [0.3, 0.4) is 0 Å². The van der Waals surface area contributed by atoms with E-state index in [0.29, 0.717) is 74.8 Å². The Hall–Kier alpha value is -0.690. The lowest BCUT2D eigenvalue weighted by molar-refractivity contribution is -0.140. The monoisotopic (exact) mass is 522 g/mol. The number of hydrogen-bond acceptors (Lipinski definition) is 5. The molecule has 0 aromatic heterocycles. The van der Waals surface area contributed by atoms with Gasteiger partial charge in [-0.05, 0) is 111 Å². The van der Waals surface area contributed by atoms with Crippen molar-refractivity contribution in [2.45, 2.75) is 97.5 Å². The second kappa shape index (κ2) is 13.1. The van der Waals surface area contributed by atoms with Crippen LogP contribution in [0.1, 0.15) is 91.4 Å². The van der Waals surface area contributed by atoms with E-state index in [1.54, 1.807) is 7.11 Å². The number of hydrogen-bond donors (Lipinski definition) is 1. The summed E-state index contributed by atoms with van der Waals surface area (Å²) >= 11 is 0. The molecule has 214 valence electrons. The predicted octanol–water partition coefficient (Wildman–Crippen LogP) is 6.21. The van der Waals surface area contributed by atoms with Crippen LogP contribution < -0.4 is 0 Å².